The summed E-state index contributed by atoms with van der Waals surface area (Å²) < 4.78 is 0. The van der Waals surface area contributed by atoms with E-state index in [2.05, 4.69) is 70.4 Å². The van der Waals surface area contributed by atoms with Crippen LogP contribution in [0.1, 0.15) is 127 Å². The van der Waals surface area contributed by atoms with E-state index in [4.69, 9.17) is 4.99 Å². The smallest absolute Gasteiger partial charge is 0.291 e. The number of tetrazole rings is 1. The van der Waals surface area contributed by atoms with Crippen LogP contribution in [-0.2, 0) is 11.3 Å². The number of nitrogens with one attached hydrogen (secondary N) is 2. The van der Waals surface area contributed by atoms with Crippen molar-refractivity contribution in [1.82, 2.24) is 35.7 Å². The molecule has 0 radical (unpaired) electrons. The summed E-state index contributed by atoms with van der Waals surface area (Å²) >= 11 is 0. The highest BCUT2D eigenvalue weighted by molar-refractivity contribution is 6.39. The van der Waals surface area contributed by atoms with E-state index >= 15 is 0 Å². The summed E-state index contributed by atoms with van der Waals surface area (Å²) in [5, 5.41) is 16.5. The summed E-state index contributed by atoms with van der Waals surface area (Å²) in [4.78, 5) is 37.2. The number of hydrogen-bond acceptors (Lipinski definition) is 7. The van der Waals surface area contributed by atoms with Gasteiger partial charge in [0.25, 0.3) is 11.8 Å². The molecule has 1 spiro atoms. The van der Waals surface area contributed by atoms with Gasteiger partial charge in [-0.2, -0.15) is 5.21 Å². The number of unbranched alkanes of at least 4 members (excludes halogenated alkanes) is 1. The lowest BCUT2D eigenvalue weighted by molar-refractivity contribution is -0.134. The zero-order valence-electron chi connectivity index (χ0n) is 26.0. The van der Waals surface area contributed by atoms with Crippen molar-refractivity contribution in [1.29, 1.82) is 0 Å². The van der Waals surface area contributed by atoms with Gasteiger partial charge in [-0.15, -0.1) is 10.2 Å². The number of nitrogens with zero attached hydrogens (tertiary/aromatic N) is 6. The van der Waals surface area contributed by atoms with Gasteiger partial charge in [0.1, 0.15) is 5.66 Å². The SMILES string of the molecule is CCCC[C@H](c1ccc(C(=O)NCc2nn[nH]n2)cc1)N1C(=O)C(N2CCCCC2C)=NC12CCC(C(C)(C)C)CC2. The van der Waals surface area contributed by atoms with Crippen LogP contribution in [0.3, 0.4) is 0 Å². The number of amidine groups is 1. The highest BCUT2D eigenvalue weighted by atomic mass is 16.2. The Morgan fingerprint density at radius 3 is 2.50 bits per heavy atom. The molecule has 2 N–H and O–H groups in total. The maximum Gasteiger partial charge on any atom is 0.291 e. The molecule has 1 unspecified atom stereocenters. The van der Waals surface area contributed by atoms with E-state index in [-0.39, 0.29) is 29.8 Å². The van der Waals surface area contributed by atoms with Gasteiger partial charge in [0.15, 0.2) is 11.7 Å². The number of amides is 2. The molecule has 1 aromatic heterocycles. The molecule has 10 nitrogen and oxygen atoms in total. The number of aromatic amines is 1. The highest BCUT2D eigenvalue weighted by Crippen LogP contribution is 2.50. The van der Waals surface area contributed by atoms with Crippen molar-refractivity contribution in [2.45, 2.75) is 123 Å². The Hall–Kier alpha value is -3.30. The number of carbonyl (C=O) groups excluding carboxylic acids is 2. The molecule has 5 rings (SSSR count). The lowest BCUT2D eigenvalue weighted by atomic mass is 9.69. The number of hydrogen-bond donors (Lipinski definition) is 2. The van der Waals surface area contributed by atoms with Crippen LogP contribution in [0, 0.1) is 11.3 Å². The zero-order chi connectivity index (χ0) is 29.9. The van der Waals surface area contributed by atoms with Crippen LogP contribution in [-0.4, -0.2) is 66.3 Å². The number of carbonyl (C=O) groups is 2. The third kappa shape index (κ3) is 6.22. The minimum atomic E-state index is -0.510. The van der Waals surface area contributed by atoms with Crippen LogP contribution >= 0.6 is 0 Å². The van der Waals surface area contributed by atoms with Crippen LogP contribution in [0.25, 0.3) is 0 Å². The molecule has 2 aliphatic heterocycles. The van der Waals surface area contributed by atoms with E-state index in [0.717, 1.165) is 69.9 Å². The van der Waals surface area contributed by atoms with Crippen LogP contribution in [0.4, 0.5) is 0 Å². The molecule has 2 aromatic rings. The van der Waals surface area contributed by atoms with Crippen molar-refractivity contribution in [3.8, 4) is 0 Å². The maximum absolute atomic E-state index is 14.5. The first-order valence-corrected chi connectivity index (χ1v) is 15.9. The summed E-state index contributed by atoms with van der Waals surface area (Å²) in [5.74, 6) is 1.61. The normalized spacial score (nSPS) is 25.5. The van der Waals surface area contributed by atoms with E-state index < -0.39 is 5.66 Å². The topological polar surface area (TPSA) is 119 Å². The van der Waals surface area contributed by atoms with Crippen molar-refractivity contribution in [3.63, 3.8) is 0 Å². The number of piperidine rings is 1. The van der Waals surface area contributed by atoms with Gasteiger partial charge < -0.3 is 15.1 Å². The van der Waals surface area contributed by atoms with Gasteiger partial charge in [-0.1, -0.05) is 57.9 Å². The molecule has 3 aliphatic rings. The van der Waals surface area contributed by atoms with Gasteiger partial charge in [-0.3, -0.25) is 9.59 Å². The molecule has 1 aromatic carbocycles. The lowest BCUT2D eigenvalue weighted by Crippen LogP contribution is -2.53. The van der Waals surface area contributed by atoms with Crippen molar-refractivity contribution < 1.29 is 9.59 Å². The molecule has 42 heavy (non-hydrogen) atoms. The number of likely N-dealkylation sites (tertiary alicyclic amines) is 1. The molecule has 3 heterocycles. The van der Waals surface area contributed by atoms with Crippen molar-refractivity contribution >= 4 is 17.6 Å². The first-order chi connectivity index (χ1) is 20.1. The molecule has 0 bridgehead atoms. The second kappa shape index (κ2) is 12.5. The predicted octanol–water partition coefficient (Wildman–Crippen LogP) is 5.41. The monoisotopic (exact) mass is 576 g/mol. The average Bonchev–Trinajstić information content (AvgIpc) is 3.59. The largest absolute Gasteiger partial charge is 0.350 e. The fourth-order valence-corrected chi connectivity index (χ4v) is 7.14. The zero-order valence-corrected chi connectivity index (χ0v) is 26.0. The van der Waals surface area contributed by atoms with E-state index in [1.807, 2.05) is 24.3 Å². The first kappa shape index (κ1) is 30.2. The van der Waals surface area contributed by atoms with Crippen LogP contribution < -0.4 is 5.32 Å². The number of benzene rings is 1. The van der Waals surface area contributed by atoms with Crippen LogP contribution in [0.15, 0.2) is 29.3 Å². The molecule has 1 saturated carbocycles. The molecule has 2 fully saturated rings. The molecule has 1 aliphatic carbocycles. The third-order valence-electron chi connectivity index (χ3n) is 9.76. The average molecular weight is 577 g/mol. The predicted molar refractivity (Wildman–Crippen MR) is 162 cm³/mol. The Labute approximate surface area is 250 Å². The maximum atomic E-state index is 14.5. The number of rotatable bonds is 8. The molecular weight excluding hydrogens is 528 g/mol. The third-order valence-corrected chi connectivity index (χ3v) is 9.76. The molecule has 1 saturated heterocycles. The second-order valence-corrected chi connectivity index (χ2v) is 13.6. The van der Waals surface area contributed by atoms with Crippen molar-refractivity contribution in [2.75, 3.05) is 6.54 Å². The van der Waals surface area contributed by atoms with E-state index in [1.54, 1.807) is 0 Å². The molecule has 2 atom stereocenters. The number of H-pyrrole nitrogens is 1. The van der Waals surface area contributed by atoms with Gasteiger partial charge in [-0.05, 0) is 87.3 Å². The summed E-state index contributed by atoms with van der Waals surface area (Å²) in [6.07, 6.45) is 10.3. The number of aliphatic imine (C=N–C) groups is 1. The van der Waals surface area contributed by atoms with Gasteiger partial charge >= 0.3 is 0 Å². The minimum Gasteiger partial charge on any atom is -0.350 e. The summed E-state index contributed by atoms with van der Waals surface area (Å²) in [7, 11) is 0. The van der Waals surface area contributed by atoms with Gasteiger partial charge in [0.05, 0.1) is 12.6 Å². The Morgan fingerprint density at radius 2 is 1.88 bits per heavy atom. The van der Waals surface area contributed by atoms with E-state index in [0.29, 0.717) is 29.2 Å². The second-order valence-electron chi connectivity index (χ2n) is 13.6. The summed E-state index contributed by atoms with van der Waals surface area (Å²) in [5.41, 5.74) is 1.35. The summed E-state index contributed by atoms with van der Waals surface area (Å²) in [6.45, 7) is 12.5. The minimum absolute atomic E-state index is 0.0843. The standard InChI is InChI=1S/C32H48N8O2/c1-6-7-11-26(23-12-14-24(15-13-23)29(41)33-21-27-35-37-38-36-27)40-30(42)28(39-20-9-8-10-22(39)2)34-32(40)18-16-25(17-19-32)31(3,4)5/h12-15,22,25-26H,6-11,16-21H2,1-5H3,(H,33,41)(H,35,36,37,38)/t22?,25?,26-,32?/m1/s1. The van der Waals surface area contributed by atoms with Gasteiger partial charge in [-0.25, -0.2) is 4.99 Å². The van der Waals surface area contributed by atoms with Crippen LogP contribution in [0.5, 0.6) is 0 Å². The molecule has 2 amide bonds. The molecule has 228 valence electrons. The Bertz CT molecular complexity index is 1240. The molecule has 10 heteroatoms. The first-order valence-electron chi connectivity index (χ1n) is 15.9. The summed E-state index contributed by atoms with van der Waals surface area (Å²) in [6, 6.07) is 7.99. The van der Waals surface area contributed by atoms with Gasteiger partial charge in [0.2, 0.25) is 0 Å². The Balaban J connectivity index is 1.44. The van der Waals surface area contributed by atoms with E-state index in [9.17, 15) is 9.59 Å². The fraction of sp³-hybridized carbons (Fsp3) is 0.688. The van der Waals surface area contributed by atoms with Crippen LogP contribution in [0.2, 0.25) is 0 Å². The lowest BCUT2D eigenvalue weighted by Gasteiger charge is -2.47. The Kier molecular flexibility index (Phi) is 8.99. The molecular formula is C32H48N8O2. The Morgan fingerprint density at radius 1 is 1.14 bits per heavy atom. The van der Waals surface area contributed by atoms with Crippen molar-refractivity contribution in [2.24, 2.45) is 16.3 Å². The highest BCUT2D eigenvalue weighted by Gasteiger charge is 2.54. The fourth-order valence-electron chi connectivity index (χ4n) is 7.14. The quantitative estimate of drug-likeness (QED) is 0.434. The van der Waals surface area contributed by atoms with E-state index in [1.165, 1.54) is 6.42 Å². The van der Waals surface area contributed by atoms with Crippen molar-refractivity contribution in [3.05, 3.63) is 41.2 Å². The van der Waals surface area contributed by atoms with Gasteiger partial charge in [0, 0.05) is 18.2 Å². The number of aromatic nitrogens is 4.